The van der Waals surface area contributed by atoms with Gasteiger partial charge in [-0.2, -0.15) is 0 Å². The van der Waals surface area contributed by atoms with E-state index in [1.807, 2.05) is 7.05 Å². The fourth-order valence-electron chi connectivity index (χ4n) is 1.83. The Bertz CT molecular complexity index is 427. The summed E-state index contributed by atoms with van der Waals surface area (Å²) >= 11 is 1.31. The van der Waals surface area contributed by atoms with Crippen LogP contribution in [-0.2, 0) is 0 Å². The zero-order valence-electron chi connectivity index (χ0n) is 10.4. The highest BCUT2D eigenvalue weighted by Gasteiger charge is 2.33. The molecule has 17 heavy (non-hydrogen) atoms. The average molecular weight is 254 g/mol. The van der Waals surface area contributed by atoms with E-state index in [1.54, 1.807) is 11.9 Å². The molecule has 94 valence electrons. The number of hydrogen-bond donors (Lipinski definition) is 2. The number of rotatable bonds is 4. The van der Waals surface area contributed by atoms with Gasteiger partial charge in [0.05, 0.1) is 0 Å². The molecule has 0 saturated heterocycles. The molecule has 0 aromatic carbocycles. The summed E-state index contributed by atoms with van der Waals surface area (Å²) in [5, 5.41) is 3.58. The van der Waals surface area contributed by atoms with E-state index in [2.05, 4.69) is 17.2 Å². The number of carbonyl (C=O) groups is 1. The van der Waals surface area contributed by atoms with Crippen molar-refractivity contribution in [3.8, 4) is 0 Å². The highest BCUT2D eigenvalue weighted by atomic mass is 32.1. The minimum absolute atomic E-state index is 0.0269. The highest BCUT2D eigenvalue weighted by molar-refractivity contribution is 7.18. The molecule has 1 aromatic rings. The van der Waals surface area contributed by atoms with Gasteiger partial charge in [0, 0.05) is 20.1 Å². The van der Waals surface area contributed by atoms with Crippen LogP contribution in [0, 0.1) is 5.92 Å². The van der Waals surface area contributed by atoms with Crippen molar-refractivity contribution in [2.75, 3.05) is 25.1 Å². The van der Waals surface area contributed by atoms with Crippen LogP contribution in [0.5, 0.6) is 0 Å². The van der Waals surface area contributed by atoms with Gasteiger partial charge in [0.15, 0.2) is 5.13 Å². The predicted molar refractivity (Wildman–Crippen MR) is 70.4 cm³/mol. The number of nitrogens with one attached hydrogen (secondary N) is 1. The first-order chi connectivity index (χ1) is 8.04. The van der Waals surface area contributed by atoms with Gasteiger partial charge in [0.2, 0.25) is 0 Å². The van der Waals surface area contributed by atoms with Crippen LogP contribution in [0.15, 0.2) is 0 Å². The lowest BCUT2D eigenvalue weighted by Gasteiger charge is -2.24. The van der Waals surface area contributed by atoms with Gasteiger partial charge in [-0.1, -0.05) is 11.3 Å². The molecule has 0 bridgehead atoms. The summed E-state index contributed by atoms with van der Waals surface area (Å²) in [5.74, 6) is 0.946. The molecular weight excluding hydrogens is 236 g/mol. The second-order valence-electron chi connectivity index (χ2n) is 4.48. The molecular formula is C11H18N4OS. The maximum Gasteiger partial charge on any atom is 0.267 e. The minimum atomic E-state index is -0.0269. The zero-order chi connectivity index (χ0) is 12.6. The Morgan fingerprint density at radius 1 is 1.65 bits per heavy atom. The molecule has 3 N–H and O–H groups in total. The third kappa shape index (κ3) is 2.36. The van der Waals surface area contributed by atoms with Crippen LogP contribution in [0.1, 0.15) is 29.4 Å². The Morgan fingerprint density at radius 3 is 2.76 bits per heavy atom. The molecule has 1 unspecified atom stereocenters. The van der Waals surface area contributed by atoms with Crippen LogP contribution in [0.3, 0.4) is 0 Å². The number of nitrogen functional groups attached to an aromatic ring is 1. The number of nitrogens with two attached hydrogens (primary N) is 1. The largest absolute Gasteiger partial charge is 0.382 e. The topological polar surface area (TPSA) is 71.2 Å². The van der Waals surface area contributed by atoms with Crippen LogP contribution in [0.2, 0.25) is 0 Å². The standard InChI is InChI=1S/C11H18N4OS/c1-6(7-4-5-7)15(3)10(16)8-9(12)14-11(13-2)17-8/h6-7H,4-5,12H2,1-3H3,(H,13,14). The maximum absolute atomic E-state index is 12.3. The summed E-state index contributed by atoms with van der Waals surface area (Å²) < 4.78 is 0. The molecule has 1 fully saturated rings. The quantitative estimate of drug-likeness (QED) is 0.857. The van der Waals surface area contributed by atoms with Gasteiger partial charge in [0.25, 0.3) is 5.91 Å². The number of amides is 1. The van der Waals surface area contributed by atoms with E-state index in [9.17, 15) is 4.79 Å². The monoisotopic (exact) mass is 254 g/mol. The Labute approximate surface area is 105 Å². The smallest absolute Gasteiger partial charge is 0.267 e. The Kier molecular flexibility index (Phi) is 3.24. The van der Waals surface area contributed by atoms with Gasteiger partial charge in [-0.3, -0.25) is 4.79 Å². The zero-order valence-corrected chi connectivity index (χ0v) is 11.2. The van der Waals surface area contributed by atoms with Gasteiger partial charge in [0.1, 0.15) is 10.7 Å². The predicted octanol–water partition coefficient (Wildman–Crippen LogP) is 1.64. The first-order valence-corrected chi connectivity index (χ1v) is 6.57. The Hall–Kier alpha value is -1.30. The van der Waals surface area contributed by atoms with Crippen LogP contribution in [-0.4, -0.2) is 35.9 Å². The lowest BCUT2D eigenvalue weighted by atomic mass is 10.2. The van der Waals surface area contributed by atoms with Gasteiger partial charge >= 0.3 is 0 Å². The van der Waals surface area contributed by atoms with Crippen molar-refractivity contribution in [3.05, 3.63) is 4.88 Å². The summed E-state index contributed by atoms with van der Waals surface area (Å²) in [5.41, 5.74) is 5.76. The van der Waals surface area contributed by atoms with Gasteiger partial charge in [-0.15, -0.1) is 0 Å². The molecule has 2 rings (SSSR count). The lowest BCUT2D eigenvalue weighted by Crippen LogP contribution is -2.36. The van der Waals surface area contributed by atoms with E-state index in [0.717, 1.165) is 0 Å². The normalized spacial score (nSPS) is 16.6. The summed E-state index contributed by atoms with van der Waals surface area (Å²) in [6.07, 6.45) is 2.44. The van der Waals surface area contributed by atoms with Crippen LogP contribution in [0.4, 0.5) is 10.9 Å². The summed E-state index contributed by atoms with van der Waals surface area (Å²) in [7, 11) is 3.60. The fraction of sp³-hybridized carbons (Fsp3) is 0.636. The van der Waals surface area contributed by atoms with Gasteiger partial charge < -0.3 is 16.0 Å². The van der Waals surface area contributed by atoms with Crippen molar-refractivity contribution in [1.82, 2.24) is 9.88 Å². The molecule has 0 spiro atoms. The third-order valence-corrected chi connectivity index (χ3v) is 4.37. The van der Waals surface area contributed by atoms with Crippen molar-refractivity contribution in [2.45, 2.75) is 25.8 Å². The lowest BCUT2D eigenvalue weighted by molar-refractivity contribution is 0.0733. The first-order valence-electron chi connectivity index (χ1n) is 5.75. The van der Waals surface area contributed by atoms with Crippen LogP contribution in [0.25, 0.3) is 0 Å². The Balaban J connectivity index is 2.14. The maximum atomic E-state index is 12.3. The van der Waals surface area contributed by atoms with Crippen molar-refractivity contribution >= 4 is 28.2 Å². The molecule has 5 nitrogen and oxygen atoms in total. The SMILES string of the molecule is CNc1nc(N)c(C(=O)N(C)C(C)C2CC2)s1. The van der Waals surface area contributed by atoms with Gasteiger partial charge in [-0.25, -0.2) is 4.98 Å². The molecule has 1 amide bonds. The molecule has 6 heteroatoms. The number of hydrogen-bond acceptors (Lipinski definition) is 5. The third-order valence-electron chi connectivity index (χ3n) is 3.30. The summed E-state index contributed by atoms with van der Waals surface area (Å²) in [4.78, 5) is 18.7. The molecule has 1 atom stereocenters. The second kappa shape index (κ2) is 4.52. The van der Waals surface area contributed by atoms with Crippen molar-refractivity contribution < 1.29 is 4.79 Å². The van der Waals surface area contributed by atoms with Crippen LogP contribution < -0.4 is 11.1 Å². The second-order valence-corrected chi connectivity index (χ2v) is 5.48. The summed E-state index contributed by atoms with van der Waals surface area (Å²) in [6, 6.07) is 0.280. The molecule has 1 heterocycles. The number of nitrogens with zero attached hydrogens (tertiary/aromatic N) is 2. The highest BCUT2D eigenvalue weighted by Crippen LogP contribution is 2.36. The van der Waals surface area contributed by atoms with E-state index in [4.69, 9.17) is 5.73 Å². The minimum Gasteiger partial charge on any atom is -0.382 e. The van der Waals surface area contributed by atoms with Crippen molar-refractivity contribution in [1.29, 1.82) is 0 Å². The van der Waals surface area contributed by atoms with Crippen molar-refractivity contribution in [2.24, 2.45) is 5.92 Å². The van der Waals surface area contributed by atoms with E-state index in [1.165, 1.54) is 24.2 Å². The molecule has 1 aliphatic carbocycles. The number of aromatic nitrogens is 1. The van der Waals surface area contributed by atoms with Crippen LogP contribution >= 0.6 is 11.3 Å². The molecule has 0 radical (unpaired) electrons. The van der Waals surface area contributed by atoms with E-state index in [-0.39, 0.29) is 11.9 Å². The Morgan fingerprint density at radius 2 is 2.29 bits per heavy atom. The molecule has 0 aliphatic heterocycles. The average Bonchev–Trinajstić information content (AvgIpc) is 3.10. The molecule has 1 saturated carbocycles. The molecule has 1 aromatic heterocycles. The number of carbonyl (C=O) groups excluding carboxylic acids is 1. The summed E-state index contributed by atoms with van der Waals surface area (Å²) in [6.45, 7) is 2.09. The van der Waals surface area contributed by atoms with Crippen molar-refractivity contribution in [3.63, 3.8) is 0 Å². The van der Waals surface area contributed by atoms with E-state index < -0.39 is 0 Å². The molecule has 1 aliphatic rings. The number of thiazole rings is 1. The first kappa shape index (κ1) is 12.2. The van der Waals surface area contributed by atoms with E-state index >= 15 is 0 Å². The fourth-order valence-corrected chi connectivity index (χ4v) is 2.65. The number of anilines is 2. The van der Waals surface area contributed by atoms with E-state index in [0.29, 0.717) is 21.7 Å². The van der Waals surface area contributed by atoms with Gasteiger partial charge in [-0.05, 0) is 25.7 Å².